The lowest BCUT2D eigenvalue weighted by Gasteiger charge is -2.36. The molecule has 154 valence electrons. The van der Waals surface area contributed by atoms with Crippen molar-refractivity contribution in [2.45, 2.75) is 52.2 Å². The zero-order chi connectivity index (χ0) is 18.4. The molecule has 2 heterocycles. The van der Waals surface area contributed by atoms with Crippen molar-refractivity contribution in [3.8, 4) is 0 Å². The summed E-state index contributed by atoms with van der Waals surface area (Å²) in [5.41, 5.74) is 1.01. The second-order valence-electron chi connectivity index (χ2n) is 7.55. The average molecular weight is 490 g/mol. The molecule has 1 saturated heterocycles. The van der Waals surface area contributed by atoms with Crippen LogP contribution in [0.2, 0.25) is 0 Å². The van der Waals surface area contributed by atoms with Crippen molar-refractivity contribution in [1.29, 1.82) is 0 Å². The molecule has 8 heteroatoms. The fraction of sp³-hybridized carbons (Fsp3) is 0.789. The summed E-state index contributed by atoms with van der Waals surface area (Å²) < 4.78 is 4.93. The summed E-state index contributed by atoms with van der Waals surface area (Å²) in [5.74, 6) is 1.06. The van der Waals surface area contributed by atoms with Gasteiger partial charge in [-0.15, -0.1) is 24.0 Å². The van der Waals surface area contributed by atoms with Crippen LogP contribution in [0, 0.1) is 0 Å². The second-order valence-corrected chi connectivity index (χ2v) is 7.55. The van der Waals surface area contributed by atoms with E-state index in [9.17, 15) is 0 Å². The summed E-state index contributed by atoms with van der Waals surface area (Å²) in [6.45, 7) is 14.5. The van der Waals surface area contributed by atoms with Gasteiger partial charge in [-0.05, 0) is 33.6 Å². The predicted molar refractivity (Wildman–Crippen MR) is 120 cm³/mol. The molecule has 0 radical (unpaired) electrons. The van der Waals surface area contributed by atoms with E-state index in [1.165, 1.54) is 12.8 Å². The quantitative estimate of drug-likeness (QED) is 0.343. The molecular weight excluding hydrogens is 455 g/mol. The number of rotatable bonds is 8. The summed E-state index contributed by atoms with van der Waals surface area (Å²) in [7, 11) is 0. The fourth-order valence-electron chi connectivity index (χ4n) is 3.63. The first-order valence-electron chi connectivity index (χ1n) is 10.1. The zero-order valence-corrected chi connectivity index (χ0v) is 19.3. The summed E-state index contributed by atoms with van der Waals surface area (Å²) in [5, 5.41) is 7.49. The van der Waals surface area contributed by atoms with Crippen LogP contribution in [0.1, 0.15) is 39.3 Å². The van der Waals surface area contributed by atoms with Crippen LogP contribution in [-0.4, -0.2) is 83.7 Å². The second kappa shape index (κ2) is 11.2. The molecule has 1 aromatic rings. The Hall–Kier alpha value is -0.870. The van der Waals surface area contributed by atoms with Crippen molar-refractivity contribution >= 4 is 29.9 Å². The van der Waals surface area contributed by atoms with Crippen LogP contribution < -0.4 is 5.32 Å². The number of nitrogens with zero attached hydrogens (tertiary/aromatic N) is 5. The lowest BCUT2D eigenvalue weighted by atomic mass is 10.3. The number of guanidine groups is 1. The summed E-state index contributed by atoms with van der Waals surface area (Å²) in [6.07, 6.45) is 4.36. The summed E-state index contributed by atoms with van der Waals surface area (Å²) in [4.78, 5) is 12.3. The van der Waals surface area contributed by atoms with Crippen molar-refractivity contribution in [1.82, 2.24) is 25.2 Å². The van der Waals surface area contributed by atoms with E-state index < -0.39 is 0 Å². The lowest BCUT2D eigenvalue weighted by molar-refractivity contribution is 0.168. The van der Waals surface area contributed by atoms with Crippen LogP contribution in [0.4, 0.5) is 0 Å². The maximum Gasteiger partial charge on any atom is 0.194 e. The monoisotopic (exact) mass is 490 g/mol. The molecule has 0 atom stereocenters. The maximum absolute atomic E-state index is 4.93. The van der Waals surface area contributed by atoms with Gasteiger partial charge in [0.15, 0.2) is 5.96 Å². The van der Waals surface area contributed by atoms with Gasteiger partial charge in [0.05, 0.1) is 12.2 Å². The van der Waals surface area contributed by atoms with Crippen LogP contribution in [0.3, 0.4) is 0 Å². The first-order chi connectivity index (χ1) is 12.7. The zero-order valence-electron chi connectivity index (χ0n) is 16.9. The van der Waals surface area contributed by atoms with E-state index in [0.717, 1.165) is 70.1 Å². The largest absolute Gasteiger partial charge is 0.364 e. The molecule has 2 aliphatic rings. The number of halogens is 1. The molecule has 0 bridgehead atoms. The van der Waals surface area contributed by atoms with Gasteiger partial charge in [0.2, 0.25) is 0 Å². The normalized spacial score (nSPS) is 18.9. The van der Waals surface area contributed by atoms with Crippen molar-refractivity contribution in [3.05, 3.63) is 18.0 Å². The average Bonchev–Trinajstić information content (AvgIpc) is 3.34. The van der Waals surface area contributed by atoms with Gasteiger partial charge in [-0.1, -0.05) is 5.16 Å². The number of nitrogens with one attached hydrogen (secondary N) is 1. The smallest absolute Gasteiger partial charge is 0.194 e. The van der Waals surface area contributed by atoms with Gasteiger partial charge in [0, 0.05) is 64.0 Å². The number of hydrogen-bond acceptors (Lipinski definition) is 5. The minimum absolute atomic E-state index is 0. The highest BCUT2D eigenvalue weighted by Gasteiger charge is 2.30. The molecular formula is C19H35IN6O. The summed E-state index contributed by atoms with van der Waals surface area (Å²) >= 11 is 0. The molecule has 3 rings (SSSR count). The topological polar surface area (TPSA) is 60.1 Å². The van der Waals surface area contributed by atoms with Crippen LogP contribution in [0.5, 0.6) is 0 Å². The van der Waals surface area contributed by atoms with Gasteiger partial charge in [0.25, 0.3) is 0 Å². The van der Waals surface area contributed by atoms with Crippen molar-refractivity contribution < 1.29 is 4.52 Å². The van der Waals surface area contributed by atoms with Gasteiger partial charge in [-0.2, -0.15) is 0 Å². The third-order valence-corrected chi connectivity index (χ3v) is 5.18. The highest BCUT2D eigenvalue weighted by atomic mass is 127. The number of aromatic nitrogens is 1. The van der Waals surface area contributed by atoms with Crippen molar-refractivity contribution in [3.63, 3.8) is 0 Å². The molecule has 1 aliphatic carbocycles. The first-order valence-corrected chi connectivity index (χ1v) is 10.1. The van der Waals surface area contributed by atoms with Crippen LogP contribution in [-0.2, 0) is 6.54 Å². The van der Waals surface area contributed by atoms with Gasteiger partial charge < -0.3 is 14.7 Å². The molecule has 7 nitrogen and oxygen atoms in total. The number of hydrogen-bond donors (Lipinski definition) is 1. The molecule has 1 saturated carbocycles. The highest BCUT2D eigenvalue weighted by molar-refractivity contribution is 14.0. The van der Waals surface area contributed by atoms with Crippen molar-refractivity contribution in [2.24, 2.45) is 4.99 Å². The lowest BCUT2D eigenvalue weighted by Crippen LogP contribution is -2.52. The van der Waals surface area contributed by atoms with Crippen molar-refractivity contribution in [2.75, 3.05) is 45.8 Å². The fourth-order valence-corrected chi connectivity index (χ4v) is 3.63. The van der Waals surface area contributed by atoms with E-state index in [2.05, 4.69) is 45.9 Å². The minimum Gasteiger partial charge on any atom is -0.364 e. The van der Waals surface area contributed by atoms with E-state index in [4.69, 9.17) is 9.52 Å². The standard InChI is InChI=1S/C19H34N6O.HI/c1-4-20-19(21-8-9-25(16(2)3)18-5-6-18)24-12-10-23(11-13-24)15-17-7-14-26-22-17;/h7,14,16,18H,4-6,8-13,15H2,1-3H3,(H,20,21);1H. The van der Waals surface area contributed by atoms with Gasteiger partial charge in [0.1, 0.15) is 6.26 Å². The number of aliphatic imine (C=N–C) groups is 1. The van der Waals surface area contributed by atoms with Crippen LogP contribution >= 0.6 is 24.0 Å². The number of piperazine rings is 1. The van der Waals surface area contributed by atoms with Gasteiger partial charge in [-0.25, -0.2) is 0 Å². The van der Waals surface area contributed by atoms with E-state index in [1.807, 2.05) is 6.07 Å². The Morgan fingerprint density at radius 1 is 1.33 bits per heavy atom. The van der Waals surface area contributed by atoms with Crippen LogP contribution in [0.15, 0.2) is 21.8 Å². The Morgan fingerprint density at radius 2 is 2.07 bits per heavy atom. The Morgan fingerprint density at radius 3 is 2.63 bits per heavy atom. The molecule has 0 aromatic carbocycles. The molecule has 1 N–H and O–H groups in total. The minimum atomic E-state index is 0. The van der Waals surface area contributed by atoms with E-state index in [1.54, 1.807) is 6.26 Å². The molecule has 0 spiro atoms. The van der Waals surface area contributed by atoms with Gasteiger partial charge in [-0.3, -0.25) is 14.8 Å². The predicted octanol–water partition coefficient (Wildman–Crippen LogP) is 2.25. The SMILES string of the molecule is CCNC(=NCCN(C(C)C)C1CC1)N1CCN(Cc2ccon2)CC1.I. The molecule has 0 amide bonds. The molecule has 1 aliphatic heterocycles. The van der Waals surface area contributed by atoms with Gasteiger partial charge >= 0.3 is 0 Å². The molecule has 1 aromatic heterocycles. The van der Waals surface area contributed by atoms with E-state index >= 15 is 0 Å². The third kappa shape index (κ3) is 6.90. The Labute approximate surface area is 180 Å². The maximum atomic E-state index is 4.93. The third-order valence-electron chi connectivity index (χ3n) is 5.18. The highest BCUT2D eigenvalue weighted by Crippen LogP contribution is 2.28. The molecule has 2 fully saturated rings. The van der Waals surface area contributed by atoms with Crippen LogP contribution in [0.25, 0.3) is 0 Å². The Kier molecular flexibility index (Phi) is 9.31. The molecule has 0 unspecified atom stereocenters. The van der Waals surface area contributed by atoms with E-state index in [-0.39, 0.29) is 24.0 Å². The first kappa shape index (κ1) is 22.4. The summed E-state index contributed by atoms with van der Waals surface area (Å²) in [6, 6.07) is 3.35. The molecule has 27 heavy (non-hydrogen) atoms. The Balaban J connectivity index is 0.00000261. The Bertz CT molecular complexity index is 551. The van der Waals surface area contributed by atoms with E-state index in [0.29, 0.717) is 6.04 Å².